The number of hydrogen-bond acceptors (Lipinski definition) is 5. The van der Waals surface area contributed by atoms with Crippen molar-refractivity contribution < 1.29 is 32.7 Å². The Hall–Kier alpha value is -3.44. The van der Waals surface area contributed by atoms with Crippen LogP contribution in [0.4, 0.5) is 13.2 Å². The molecule has 310 valence electrons. The number of hydrogen-bond donors (Lipinski definition) is 3. The van der Waals surface area contributed by atoms with Crippen molar-refractivity contribution in [3.63, 3.8) is 0 Å². The van der Waals surface area contributed by atoms with E-state index in [0.29, 0.717) is 24.2 Å². The van der Waals surface area contributed by atoms with Crippen molar-refractivity contribution >= 4 is 17.8 Å². The fourth-order valence-electron chi connectivity index (χ4n) is 12.2. The summed E-state index contributed by atoms with van der Waals surface area (Å²) in [6.07, 6.45) is 15.8. The maximum absolute atomic E-state index is 13.7. The van der Waals surface area contributed by atoms with Gasteiger partial charge >= 0.3 is 12.1 Å². The third-order valence-corrected chi connectivity index (χ3v) is 15.1. The summed E-state index contributed by atoms with van der Waals surface area (Å²) in [5, 5.41) is 14.0. The van der Waals surface area contributed by atoms with Crippen LogP contribution in [0.1, 0.15) is 162 Å². The number of carbonyl (C=O) groups excluding carboxylic acids is 2. The average molecular weight is 791 g/mol. The number of benzene rings is 2. The normalized spacial score (nSPS) is 33.2. The van der Waals surface area contributed by atoms with Gasteiger partial charge in [0.1, 0.15) is 0 Å². The maximum atomic E-state index is 13.7. The molecular weight excluding hydrogens is 730 g/mol. The molecule has 2 unspecified atom stereocenters. The lowest BCUT2D eigenvalue weighted by molar-refractivity contribution is -0.192. The van der Waals surface area contributed by atoms with E-state index in [0.717, 1.165) is 63.2 Å². The molecule has 3 saturated carbocycles. The molecule has 4 heterocycles. The first kappa shape index (κ1) is 40.3. The molecule has 11 heteroatoms. The molecule has 0 spiro atoms. The zero-order valence-electron chi connectivity index (χ0n) is 33.2. The van der Waals surface area contributed by atoms with Crippen molar-refractivity contribution in [3.05, 3.63) is 70.8 Å². The summed E-state index contributed by atoms with van der Waals surface area (Å²) < 4.78 is 31.7. The van der Waals surface area contributed by atoms with Gasteiger partial charge in [-0.1, -0.05) is 61.4 Å². The average Bonchev–Trinajstić information content (AvgIpc) is 3.98. The topological polar surface area (TPSA) is 102 Å². The van der Waals surface area contributed by atoms with E-state index < -0.39 is 12.1 Å². The highest BCUT2D eigenvalue weighted by Crippen LogP contribution is 2.54. The number of carboxylic acid groups (broad SMARTS) is 1. The molecule has 4 aliphatic heterocycles. The molecule has 7 aliphatic rings. The molecule has 3 aliphatic carbocycles. The Morgan fingerprint density at radius 1 is 0.544 bits per heavy atom. The SMILES string of the molecule is O=C(N[C@H]1CC[C@H](CCN2[C@@H]3CC[C@H]2c2ccccc23)CC1)C1CCCCC1C(=O)N[C@H]1CC[C@H](CCN2[C@@H]3CC[C@H]2c2ccccc23)CC1.O=C(O)C(F)(F)F. The van der Waals surface area contributed by atoms with Gasteiger partial charge in [0.2, 0.25) is 11.8 Å². The van der Waals surface area contributed by atoms with Crippen molar-refractivity contribution in [2.45, 2.75) is 158 Å². The summed E-state index contributed by atoms with van der Waals surface area (Å²) in [5.41, 5.74) is 6.33. The van der Waals surface area contributed by atoms with Crippen LogP contribution in [-0.2, 0) is 14.4 Å². The second-order valence-electron chi connectivity index (χ2n) is 18.3. The van der Waals surface area contributed by atoms with Gasteiger partial charge in [0.15, 0.2) is 0 Å². The third kappa shape index (κ3) is 8.80. The van der Waals surface area contributed by atoms with Gasteiger partial charge < -0.3 is 15.7 Å². The number of amides is 2. The van der Waals surface area contributed by atoms with E-state index in [2.05, 4.69) is 69.0 Å². The van der Waals surface area contributed by atoms with Gasteiger partial charge in [0, 0.05) is 48.1 Å². The van der Waals surface area contributed by atoms with E-state index in [1.54, 1.807) is 22.3 Å². The number of nitrogens with zero attached hydrogens (tertiary/aromatic N) is 2. The third-order valence-electron chi connectivity index (χ3n) is 15.1. The number of carbonyl (C=O) groups is 3. The first-order valence-electron chi connectivity index (χ1n) is 22.1. The first-order valence-corrected chi connectivity index (χ1v) is 22.1. The molecule has 4 bridgehead atoms. The molecule has 3 N–H and O–H groups in total. The maximum Gasteiger partial charge on any atom is 0.490 e. The molecule has 2 aromatic rings. The summed E-state index contributed by atoms with van der Waals surface area (Å²) in [6, 6.07) is 21.3. The smallest absolute Gasteiger partial charge is 0.475 e. The lowest BCUT2D eigenvalue weighted by Crippen LogP contribution is -2.49. The van der Waals surface area contributed by atoms with Crippen molar-refractivity contribution in [3.8, 4) is 0 Å². The number of carboxylic acids is 1. The van der Waals surface area contributed by atoms with Crippen molar-refractivity contribution in [1.82, 2.24) is 20.4 Å². The zero-order chi connectivity index (χ0) is 39.7. The Bertz CT molecular complexity index is 1560. The van der Waals surface area contributed by atoms with Crippen LogP contribution in [0.15, 0.2) is 48.5 Å². The van der Waals surface area contributed by atoms with Crippen LogP contribution >= 0.6 is 0 Å². The Morgan fingerprint density at radius 3 is 1.16 bits per heavy atom. The molecule has 2 aromatic carbocycles. The van der Waals surface area contributed by atoms with Gasteiger partial charge in [-0.3, -0.25) is 19.4 Å². The quantitative estimate of drug-likeness (QED) is 0.222. The summed E-state index contributed by atoms with van der Waals surface area (Å²) >= 11 is 0. The van der Waals surface area contributed by atoms with Crippen LogP contribution < -0.4 is 10.6 Å². The number of rotatable bonds is 10. The minimum absolute atomic E-state index is 0.154. The zero-order valence-corrected chi connectivity index (χ0v) is 33.2. The number of halogens is 3. The minimum Gasteiger partial charge on any atom is -0.475 e. The van der Waals surface area contributed by atoms with E-state index in [4.69, 9.17) is 9.90 Å². The predicted octanol–water partition coefficient (Wildman–Crippen LogP) is 9.34. The van der Waals surface area contributed by atoms with Gasteiger partial charge in [-0.15, -0.1) is 0 Å². The van der Waals surface area contributed by atoms with E-state index >= 15 is 0 Å². The van der Waals surface area contributed by atoms with Gasteiger partial charge in [-0.05, 0) is 150 Å². The van der Waals surface area contributed by atoms with Crippen molar-refractivity contribution in [2.24, 2.45) is 23.7 Å². The molecule has 9 rings (SSSR count). The fourth-order valence-corrected chi connectivity index (χ4v) is 12.2. The second-order valence-corrected chi connectivity index (χ2v) is 18.3. The van der Waals surface area contributed by atoms with Gasteiger partial charge in [-0.25, -0.2) is 4.79 Å². The van der Waals surface area contributed by atoms with Gasteiger partial charge in [0.25, 0.3) is 0 Å². The molecule has 57 heavy (non-hydrogen) atoms. The van der Waals surface area contributed by atoms with Crippen molar-refractivity contribution in [1.29, 1.82) is 0 Å². The van der Waals surface area contributed by atoms with Gasteiger partial charge in [0.05, 0.1) is 0 Å². The second kappa shape index (κ2) is 17.4. The molecule has 2 saturated heterocycles. The standard InChI is InChI=1S/C44H60N4O2.C2HF3O2/c49-43(45-31-17-13-29(14-18-31)25-27-47-39-21-22-40(47)34-8-2-1-7-33(34)39)37-11-5-6-12-38(37)44(50)46-32-19-15-30(16-20-32)26-28-48-41-23-24-42(48)36-10-4-3-9-35(36)41;3-2(4,5)1(6)7/h1-4,7-10,29-32,37-42H,5-6,11-28H2,(H,45,49)(H,46,50);(H,6,7)/t29-,30-,31-,32-,37?,38?,39-,40+,41-,42+;. The fraction of sp³-hybridized carbons (Fsp3) is 0.674. The molecular formula is C46H61F3N4O4. The summed E-state index contributed by atoms with van der Waals surface area (Å²) in [6.45, 7) is 2.42. The number of fused-ring (bicyclic) bond motifs is 10. The predicted molar refractivity (Wildman–Crippen MR) is 212 cm³/mol. The van der Waals surface area contributed by atoms with Crippen LogP contribution in [-0.4, -0.2) is 64.0 Å². The highest BCUT2D eigenvalue weighted by molar-refractivity contribution is 5.88. The van der Waals surface area contributed by atoms with Crippen LogP contribution in [0.5, 0.6) is 0 Å². The minimum atomic E-state index is -5.08. The van der Waals surface area contributed by atoms with E-state index in [1.165, 1.54) is 77.3 Å². The molecule has 6 atom stereocenters. The highest BCUT2D eigenvalue weighted by atomic mass is 19.4. The molecule has 0 radical (unpaired) electrons. The van der Waals surface area contributed by atoms with Crippen LogP contribution in [0, 0.1) is 23.7 Å². The summed E-state index contributed by atoms with van der Waals surface area (Å²) in [5.74, 6) is -1.24. The molecule has 8 nitrogen and oxygen atoms in total. The summed E-state index contributed by atoms with van der Waals surface area (Å²) in [7, 11) is 0. The van der Waals surface area contributed by atoms with Crippen molar-refractivity contribution in [2.75, 3.05) is 13.1 Å². The van der Waals surface area contributed by atoms with Crippen LogP contribution in [0.25, 0.3) is 0 Å². The van der Waals surface area contributed by atoms with Crippen LogP contribution in [0.2, 0.25) is 0 Å². The first-order chi connectivity index (χ1) is 27.5. The number of alkyl halides is 3. The Morgan fingerprint density at radius 2 is 0.860 bits per heavy atom. The largest absolute Gasteiger partial charge is 0.490 e. The lowest BCUT2D eigenvalue weighted by atomic mass is 9.77. The van der Waals surface area contributed by atoms with E-state index in [-0.39, 0.29) is 35.7 Å². The molecule has 2 amide bonds. The number of aliphatic carboxylic acids is 1. The van der Waals surface area contributed by atoms with Gasteiger partial charge in [-0.2, -0.15) is 13.2 Å². The van der Waals surface area contributed by atoms with E-state index in [1.807, 2.05) is 0 Å². The molecule has 5 fully saturated rings. The highest BCUT2D eigenvalue weighted by Gasteiger charge is 2.45. The monoisotopic (exact) mass is 790 g/mol. The Kier molecular flexibility index (Phi) is 12.3. The Labute approximate surface area is 335 Å². The van der Waals surface area contributed by atoms with Crippen LogP contribution in [0.3, 0.4) is 0 Å². The Balaban J connectivity index is 0.000000598. The van der Waals surface area contributed by atoms with E-state index in [9.17, 15) is 22.8 Å². The number of nitrogens with one attached hydrogen (secondary N) is 2. The molecule has 0 aromatic heterocycles. The summed E-state index contributed by atoms with van der Waals surface area (Å²) in [4.78, 5) is 41.8. The lowest BCUT2D eigenvalue weighted by Gasteiger charge is -2.35.